The Bertz CT molecular complexity index is 5090. The fourth-order valence-electron chi connectivity index (χ4n) is 12.0. The minimum atomic E-state index is -2.37. The summed E-state index contributed by atoms with van der Waals surface area (Å²) in [6.07, 6.45) is 8.91. The van der Waals surface area contributed by atoms with Gasteiger partial charge in [-0.1, -0.05) is 158 Å². The molecule has 12 rings (SSSR count). The van der Waals surface area contributed by atoms with Gasteiger partial charge < -0.3 is 0 Å². The largest absolute Gasteiger partial charge is 0.212 e. The summed E-state index contributed by atoms with van der Waals surface area (Å²) in [6, 6.07) is 73.5. The van der Waals surface area contributed by atoms with Crippen molar-refractivity contribution in [3.05, 3.63) is 322 Å². The van der Waals surface area contributed by atoms with Gasteiger partial charge in [0.05, 0.1) is 0 Å². The predicted molar refractivity (Wildman–Crippen MR) is 421 cm³/mol. The molecule has 516 valence electrons. The van der Waals surface area contributed by atoms with Crippen molar-refractivity contribution in [2.45, 2.75) is 135 Å². The van der Waals surface area contributed by atoms with Crippen LogP contribution in [0.3, 0.4) is 0 Å². The minimum Gasteiger partial charge on any atom is -0.201 e. The van der Waals surface area contributed by atoms with Gasteiger partial charge in [-0.05, 0) is 202 Å². The number of aromatic nitrogens is 6. The van der Waals surface area contributed by atoms with Crippen LogP contribution in [0.15, 0.2) is 256 Å². The van der Waals surface area contributed by atoms with E-state index in [1.165, 1.54) is 73.9 Å². The summed E-state index contributed by atoms with van der Waals surface area (Å²) in [5, 5.41) is 0. The molecule has 0 spiro atoms. The normalized spacial score (nSPS) is 13.3. The summed E-state index contributed by atoms with van der Waals surface area (Å²) in [5.74, 6) is -1.73. The van der Waals surface area contributed by atoms with Crippen molar-refractivity contribution in [1.82, 2.24) is 0 Å². The third-order valence-corrected chi connectivity index (χ3v) is 17.6. The first-order valence-corrected chi connectivity index (χ1v) is 34.9. The standard InChI is InChI=1S/2C17H22N.C16H20N.2C15H18N.C14H16N/c1-13(2)11-15-9-10-18(4)17(12-15)16-8-6-5-7-14(16)3;1-13(2)11-15-9-10-17(18(4)12-15)16-8-6-5-7-14(16)3;1-12(2)14-9-10-17(4)16(11-14)15-8-6-5-7-13(15)3;1-4-13-8-9-14(12(2)11-13)15-7-5-6-10-16(15)3;1-4-13-9-10-16(3)15(11-13)14-8-6-5-7-12(14)2;1-11-7-8-13(12(2)10-11)14-6-4-5-9-15(14)3/h2*5-10,12-13H,11H2,1-4H3;5-12H,1-4H3;2*5-11H,4H2,1-3H3;4-10H,1-3H3/q6*+1/i2*11D2;1D3,12D;;4D2;. The van der Waals surface area contributed by atoms with Crippen LogP contribution >= 0.6 is 0 Å². The SMILES string of the molecule is CCc1ccc(-c2cccc[n+]2C)c(C)c1.Cc1ccc(-c2cccc[n+]2C)c(C)c1.[2H]C([2H])(C)c1cc[n+](C)c(-c2ccccc2C)c1.[2H]C([2H])([2H])C([2H])(C)c1cc[n+](C)c(-c2ccccc2C)c1.[2H]C([2H])(c1cc[n+](C)c(-c2ccccc2C)c1)C(C)C.[2H]C([2H])(c1ccc(-c2ccccc2C)[n+](C)c1)C(C)C. The molecular formula is C94H116N6+6. The van der Waals surface area contributed by atoms with Crippen molar-refractivity contribution in [3.8, 4) is 67.5 Å². The van der Waals surface area contributed by atoms with E-state index in [0.29, 0.717) is 11.1 Å². The zero-order chi connectivity index (χ0) is 81.4. The molecule has 0 saturated carbocycles. The molecule has 0 saturated heterocycles. The predicted octanol–water partition coefficient (Wildman–Crippen LogP) is 19.9. The van der Waals surface area contributed by atoms with Crippen LogP contribution in [0.2, 0.25) is 0 Å². The van der Waals surface area contributed by atoms with Gasteiger partial charge in [-0.2, -0.15) is 0 Å². The fourth-order valence-corrected chi connectivity index (χ4v) is 12.0. The highest BCUT2D eigenvalue weighted by atomic mass is 14.9. The molecule has 0 radical (unpaired) electrons. The van der Waals surface area contributed by atoms with Crippen LogP contribution in [0.5, 0.6) is 0 Å². The molecule has 100 heavy (non-hydrogen) atoms. The van der Waals surface area contributed by atoms with Gasteiger partial charge in [0.25, 0.3) is 0 Å². The third-order valence-electron chi connectivity index (χ3n) is 17.6. The lowest BCUT2D eigenvalue weighted by Gasteiger charge is -2.08. The van der Waals surface area contributed by atoms with E-state index >= 15 is 0 Å². The summed E-state index contributed by atoms with van der Waals surface area (Å²) in [7, 11) is 12.0. The van der Waals surface area contributed by atoms with Crippen molar-refractivity contribution in [3.63, 3.8) is 0 Å². The molecule has 6 aromatic carbocycles. The molecule has 0 aliphatic rings. The van der Waals surface area contributed by atoms with E-state index in [1.807, 2.05) is 215 Å². The monoisotopic (exact) mass is 1340 g/mol. The van der Waals surface area contributed by atoms with E-state index in [2.05, 4.69) is 187 Å². The van der Waals surface area contributed by atoms with E-state index in [0.717, 1.165) is 62.6 Å². The molecule has 1 atom stereocenters. The molecule has 6 aromatic heterocycles. The van der Waals surface area contributed by atoms with E-state index < -0.39 is 31.9 Å². The second-order valence-electron chi connectivity index (χ2n) is 26.6. The van der Waals surface area contributed by atoms with Crippen LogP contribution in [-0.4, -0.2) is 0 Å². The molecule has 0 aliphatic heterocycles. The average molecular weight is 1340 g/mol. The van der Waals surface area contributed by atoms with Crippen LogP contribution in [-0.2, 0) is 67.8 Å². The van der Waals surface area contributed by atoms with Crippen molar-refractivity contribution in [2.24, 2.45) is 54.1 Å². The smallest absolute Gasteiger partial charge is 0.201 e. The van der Waals surface area contributed by atoms with E-state index in [1.54, 1.807) is 13.0 Å². The Balaban J connectivity index is 0.000000184. The maximum atomic E-state index is 8.26. The van der Waals surface area contributed by atoms with Gasteiger partial charge in [0.1, 0.15) is 42.3 Å². The Morgan fingerprint density at radius 1 is 0.320 bits per heavy atom. The first-order valence-electron chi connectivity index (χ1n) is 39.9. The molecule has 12 aromatic rings. The van der Waals surface area contributed by atoms with Crippen LogP contribution in [0.4, 0.5) is 0 Å². The number of pyridine rings is 6. The summed E-state index contributed by atoms with van der Waals surface area (Å²) in [4.78, 5) is 0. The lowest BCUT2D eigenvalue weighted by atomic mass is 9.99. The zero-order valence-electron chi connectivity index (χ0n) is 73.3. The number of nitrogens with zero attached hydrogens (tertiary/aromatic N) is 6. The second kappa shape index (κ2) is 38.0. The minimum absolute atomic E-state index is 0.0492. The first-order chi connectivity index (χ1) is 51.6. The maximum absolute atomic E-state index is 8.26. The highest BCUT2D eigenvalue weighted by Gasteiger charge is 2.19. The number of benzene rings is 6. The molecule has 1 unspecified atom stereocenters. The fraction of sp³-hybridized carbons (Fsp3) is 0.298. The number of hydrogen-bond donors (Lipinski definition) is 0. The molecular weight excluding hydrogens is 1210 g/mol. The Labute approximate surface area is 617 Å². The van der Waals surface area contributed by atoms with Crippen LogP contribution in [0.1, 0.15) is 142 Å². The van der Waals surface area contributed by atoms with Gasteiger partial charge >= 0.3 is 0 Å². The van der Waals surface area contributed by atoms with Crippen molar-refractivity contribution in [2.75, 3.05) is 0 Å². The topological polar surface area (TPSA) is 23.3 Å². The summed E-state index contributed by atoms with van der Waals surface area (Å²) >= 11 is 0. The molecule has 6 nitrogen and oxygen atoms in total. The van der Waals surface area contributed by atoms with Gasteiger partial charge in [-0.15, -0.1) is 0 Å². The van der Waals surface area contributed by atoms with Gasteiger partial charge in [-0.3, -0.25) is 0 Å². The highest BCUT2D eigenvalue weighted by molar-refractivity contribution is 5.65. The third kappa shape index (κ3) is 22.1. The van der Waals surface area contributed by atoms with Gasteiger partial charge in [-0.25, -0.2) is 27.4 Å². The summed E-state index contributed by atoms with van der Waals surface area (Å²) < 4.78 is 91.8. The first kappa shape index (κ1) is 63.7. The van der Waals surface area contributed by atoms with Gasteiger partial charge in [0.2, 0.25) is 34.2 Å². The Morgan fingerprint density at radius 2 is 0.690 bits per heavy atom. The maximum Gasteiger partial charge on any atom is 0.212 e. The summed E-state index contributed by atoms with van der Waals surface area (Å²) in [6.45, 7) is 25.3. The van der Waals surface area contributed by atoms with Crippen molar-refractivity contribution < 1.29 is 41.1 Å². The molecule has 0 aliphatic carbocycles. The van der Waals surface area contributed by atoms with E-state index in [4.69, 9.17) is 13.7 Å². The lowest BCUT2D eigenvalue weighted by Crippen LogP contribution is -2.31. The number of aryl methyl sites for hydroxylation is 15. The number of hydrogen-bond acceptors (Lipinski definition) is 0. The van der Waals surface area contributed by atoms with Crippen LogP contribution in [0, 0.1) is 60.3 Å². The van der Waals surface area contributed by atoms with Crippen molar-refractivity contribution in [1.29, 1.82) is 0 Å². The van der Waals surface area contributed by atoms with Gasteiger partial charge in [0.15, 0.2) is 37.2 Å². The lowest BCUT2D eigenvalue weighted by molar-refractivity contribution is -0.660. The molecule has 0 fully saturated rings. The average Bonchev–Trinajstić information content (AvgIpc) is 0.787. The van der Waals surface area contributed by atoms with Crippen molar-refractivity contribution >= 4 is 0 Å². The molecule has 6 heterocycles. The number of rotatable bonds is 13. The highest BCUT2D eigenvalue weighted by Crippen LogP contribution is 2.27. The Morgan fingerprint density at radius 3 is 1.11 bits per heavy atom. The van der Waals surface area contributed by atoms with E-state index in [-0.39, 0.29) is 11.8 Å². The quantitative estimate of drug-likeness (QED) is 0.103. The summed E-state index contributed by atoms with van der Waals surface area (Å²) in [5.41, 5.74) is 26.6. The van der Waals surface area contributed by atoms with E-state index in [9.17, 15) is 0 Å². The van der Waals surface area contributed by atoms with Crippen LogP contribution in [0.25, 0.3) is 67.5 Å². The molecule has 6 heteroatoms. The van der Waals surface area contributed by atoms with Gasteiger partial charge in [0, 0.05) is 119 Å². The van der Waals surface area contributed by atoms with Crippen LogP contribution < -0.4 is 27.4 Å². The molecule has 0 amide bonds. The Hall–Kier alpha value is -9.78. The Kier molecular flexibility index (Phi) is 24.2. The molecule has 0 bridgehead atoms. The molecule has 0 N–H and O–H groups in total. The zero-order valence-corrected chi connectivity index (χ0v) is 63.3. The second-order valence-corrected chi connectivity index (χ2v) is 26.6.